The van der Waals surface area contributed by atoms with Gasteiger partial charge in [0.1, 0.15) is 0 Å². The fourth-order valence-corrected chi connectivity index (χ4v) is 0.241. The minimum absolute atomic E-state index is 0.324. The van der Waals surface area contributed by atoms with Crippen molar-refractivity contribution in [2.75, 3.05) is 13.7 Å². The summed E-state index contributed by atoms with van der Waals surface area (Å²) in [6.07, 6.45) is 0. The summed E-state index contributed by atoms with van der Waals surface area (Å²) >= 11 is 0. The summed E-state index contributed by atoms with van der Waals surface area (Å²) < 4.78 is 4.55. The Morgan fingerprint density at radius 3 is 2.33 bits per heavy atom. The van der Waals surface area contributed by atoms with Gasteiger partial charge in [0.25, 0.3) is 0 Å². The Hall–Kier alpha value is -0.0800. The van der Waals surface area contributed by atoms with Crippen LogP contribution in [0.15, 0.2) is 0 Å². The molecule has 0 aromatic carbocycles. The number of nitrogens with zero attached hydrogens (tertiary/aromatic N) is 1. The van der Waals surface area contributed by atoms with Crippen LogP contribution in [0.1, 0.15) is 6.92 Å². The third kappa shape index (κ3) is 3.92. The topological polar surface area (TPSA) is 31.5 Å². The van der Waals surface area contributed by atoms with Crippen LogP contribution in [-0.2, 0) is 4.74 Å². The van der Waals surface area contributed by atoms with Crippen LogP contribution < -0.4 is 5.73 Å². The maximum Gasteiger partial charge on any atom is 0.0645 e. The van der Waals surface area contributed by atoms with Gasteiger partial charge in [-0.2, -0.15) is 0 Å². The van der Waals surface area contributed by atoms with Gasteiger partial charge in [0, 0.05) is 7.11 Å². The number of methoxy groups -OCH3 is 1. The summed E-state index contributed by atoms with van der Waals surface area (Å²) in [4.78, 5) is 0. The standard InChI is InChI=1S/C4H9NO/c1-4(5)3-6-2/h4H,3H2,1-2H3. The largest absolute Gasteiger partial charge is 0.383 e. The van der Waals surface area contributed by atoms with Crippen LogP contribution >= 0.6 is 0 Å². The molecule has 0 amide bonds. The SMILES string of the molecule is COCC(C)[N]. The molecule has 0 aromatic heterocycles. The van der Waals surface area contributed by atoms with Crippen LogP contribution in [0.3, 0.4) is 0 Å². The molecular weight excluding hydrogens is 78.0 g/mol. The predicted molar refractivity (Wildman–Crippen MR) is 23.5 cm³/mol. The summed E-state index contributed by atoms with van der Waals surface area (Å²) in [5.41, 5.74) is 8.43. The molecule has 0 aromatic rings. The highest BCUT2D eigenvalue weighted by Crippen LogP contribution is 1.74. The molecule has 2 radical (unpaired) electrons. The molecule has 0 aliphatic rings. The second kappa shape index (κ2) is 3.12. The van der Waals surface area contributed by atoms with E-state index in [0.29, 0.717) is 6.61 Å². The number of hydrogen-bond donors (Lipinski definition) is 0. The van der Waals surface area contributed by atoms with Crippen molar-refractivity contribution in [3.8, 4) is 0 Å². The predicted octanol–water partition coefficient (Wildman–Crippen LogP) is 0.0900. The molecule has 0 aliphatic carbocycles. The molecule has 0 aliphatic heterocycles. The van der Waals surface area contributed by atoms with Crippen molar-refractivity contribution in [2.24, 2.45) is 0 Å². The first-order valence-corrected chi connectivity index (χ1v) is 1.94. The lowest BCUT2D eigenvalue weighted by atomic mass is 10.4. The van der Waals surface area contributed by atoms with Crippen LogP contribution in [0.25, 0.3) is 0 Å². The van der Waals surface area contributed by atoms with Gasteiger partial charge in [-0.15, -0.1) is 5.73 Å². The molecule has 0 bridgehead atoms. The van der Waals surface area contributed by atoms with E-state index in [4.69, 9.17) is 5.73 Å². The summed E-state index contributed by atoms with van der Waals surface area (Å²) in [6, 6.07) is -0.324. The third-order valence-electron chi connectivity index (χ3n) is 0.408. The molecule has 0 saturated heterocycles. The summed E-state index contributed by atoms with van der Waals surface area (Å²) in [5.74, 6) is 0. The van der Waals surface area contributed by atoms with E-state index in [1.165, 1.54) is 0 Å². The highest BCUT2D eigenvalue weighted by molar-refractivity contribution is 4.44. The molecule has 1 unspecified atom stereocenters. The van der Waals surface area contributed by atoms with Crippen LogP contribution in [0.4, 0.5) is 0 Å². The van der Waals surface area contributed by atoms with Gasteiger partial charge in [0.05, 0.1) is 12.6 Å². The summed E-state index contributed by atoms with van der Waals surface area (Å²) in [5, 5.41) is 0. The quantitative estimate of drug-likeness (QED) is 0.469. The molecule has 2 heteroatoms. The zero-order valence-corrected chi connectivity index (χ0v) is 4.14. The lowest BCUT2D eigenvalue weighted by molar-refractivity contribution is 0.183. The van der Waals surface area contributed by atoms with Gasteiger partial charge >= 0.3 is 0 Å². The first kappa shape index (κ1) is 5.92. The van der Waals surface area contributed by atoms with E-state index >= 15 is 0 Å². The Morgan fingerprint density at radius 2 is 2.33 bits per heavy atom. The van der Waals surface area contributed by atoms with Gasteiger partial charge in [-0.3, -0.25) is 0 Å². The fourth-order valence-electron chi connectivity index (χ4n) is 0.241. The zero-order chi connectivity index (χ0) is 4.99. The number of hydrogen-bond acceptors (Lipinski definition) is 1. The molecular formula is C4H9NO. The fraction of sp³-hybridized carbons (Fsp3) is 1.00. The van der Waals surface area contributed by atoms with Crippen molar-refractivity contribution in [1.29, 1.82) is 0 Å². The zero-order valence-electron chi connectivity index (χ0n) is 4.14. The average Bonchev–Trinajstić information content (AvgIpc) is 1.35. The average molecular weight is 87.1 g/mol. The van der Waals surface area contributed by atoms with Crippen molar-refractivity contribution < 1.29 is 4.74 Å². The number of rotatable bonds is 2. The summed E-state index contributed by atoms with van der Waals surface area (Å²) in [7, 11) is 1.56. The van der Waals surface area contributed by atoms with Gasteiger partial charge in [0.2, 0.25) is 0 Å². The maximum absolute atomic E-state index is 8.43. The van der Waals surface area contributed by atoms with Gasteiger partial charge < -0.3 is 4.74 Å². The molecule has 0 heterocycles. The molecule has 2 nitrogen and oxygen atoms in total. The highest BCUT2D eigenvalue weighted by atomic mass is 16.5. The van der Waals surface area contributed by atoms with Crippen LogP contribution in [0.5, 0.6) is 0 Å². The Balaban J connectivity index is 2.63. The first-order chi connectivity index (χ1) is 2.77. The Morgan fingerprint density at radius 1 is 1.83 bits per heavy atom. The van der Waals surface area contributed by atoms with Gasteiger partial charge in [-0.25, -0.2) is 0 Å². The smallest absolute Gasteiger partial charge is 0.0645 e. The molecule has 0 fully saturated rings. The normalized spacial score (nSPS) is 14.5. The Kier molecular flexibility index (Phi) is 3.08. The third-order valence-corrected chi connectivity index (χ3v) is 0.408. The lowest BCUT2D eigenvalue weighted by Crippen LogP contribution is -2.09. The molecule has 0 N–H and O–H groups in total. The first-order valence-electron chi connectivity index (χ1n) is 1.94. The van der Waals surface area contributed by atoms with E-state index in [-0.39, 0.29) is 6.04 Å². The second-order valence-electron chi connectivity index (χ2n) is 1.30. The monoisotopic (exact) mass is 87.1 g/mol. The van der Waals surface area contributed by atoms with Crippen molar-refractivity contribution >= 4 is 0 Å². The van der Waals surface area contributed by atoms with E-state index in [1.807, 2.05) is 0 Å². The van der Waals surface area contributed by atoms with Crippen molar-refractivity contribution in [2.45, 2.75) is 13.0 Å². The molecule has 0 spiro atoms. The van der Waals surface area contributed by atoms with Crippen LogP contribution in [0, 0.1) is 0 Å². The minimum Gasteiger partial charge on any atom is -0.383 e. The van der Waals surface area contributed by atoms with E-state index in [0.717, 1.165) is 0 Å². The number of ether oxygens (including phenoxy) is 1. The van der Waals surface area contributed by atoms with Crippen LogP contribution in [-0.4, -0.2) is 19.8 Å². The van der Waals surface area contributed by atoms with E-state index in [1.54, 1.807) is 14.0 Å². The lowest BCUT2D eigenvalue weighted by Gasteiger charge is -1.95. The molecule has 0 saturated carbocycles. The molecule has 1 atom stereocenters. The van der Waals surface area contributed by atoms with E-state index < -0.39 is 0 Å². The van der Waals surface area contributed by atoms with Gasteiger partial charge in [-0.1, -0.05) is 0 Å². The highest BCUT2D eigenvalue weighted by Gasteiger charge is 1.89. The maximum atomic E-state index is 8.43. The Bertz CT molecular complexity index is 28.7. The van der Waals surface area contributed by atoms with E-state index in [9.17, 15) is 0 Å². The molecule has 0 rings (SSSR count). The van der Waals surface area contributed by atoms with Crippen molar-refractivity contribution in [3.05, 3.63) is 0 Å². The van der Waals surface area contributed by atoms with E-state index in [2.05, 4.69) is 4.74 Å². The van der Waals surface area contributed by atoms with Crippen molar-refractivity contribution in [3.63, 3.8) is 0 Å². The van der Waals surface area contributed by atoms with Crippen molar-refractivity contribution in [1.82, 2.24) is 5.73 Å². The minimum atomic E-state index is -0.324. The van der Waals surface area contributed by atoms with Gasteiger partial charge in [0.15, 0.2) is 0 Å². The molecule has 36 valence electrons. The Labute approximate surface area is 38.3 Å². The second-order valence-corrected chi connectivity index (χ2v) is 1.30. The van der Waals surface area contributed by atoms with Gasteiger partial charge in [-0.05, 0) is 6.92 Å². The molecule has 6 heavy (non-hydrogen) atoms. The summed E-state index contributed by atoms with van der Waals surface area (Å²) in [6.45, 7) is 2.11. The van der Waals surface area contributed by atoms with Crippen LogP contribution in [0.2, 0.25) is 0 Å².